The van der Waals surface area contributed by atoms with Crippen molar-refractivity contribution in [3.63, 3.8) is 0 Å². The number of nitrogens with zero attached hydrogens (tertiary/aromatic N) is 2. The number of fused-ring (bicyclic) bond motifs is 10. The second kappa shape index (κ2) is 6.98. The summed E-state index contributed by atoms with van der Waals surface area (Å²) in [5.74, 6) is 0. The minimum absolute atomic E-state index is 0.323. The summed E-state index contributed by atoms with van der Waals surface area (Å²) in [6, 6.07) is 31.6. The Morgan fingerprint density at radius 1 is 0.588 bits per heavy atom. The molecule has 1 aromatic heterocycles. The Kier molecular flexibility index (Phi) is 3.99. The van der Waals surface area contributed by atoms with Gasteiger partial charge in [-0.05, 0) is 69.5 Å². The highest BCUT2D eigenvalue weighted by Gasteiger charge is 2.51. The summed E-state index contributed by atoms with van der Waals surface area (Å²) in [5.41, 5.74) is 14.9. The lowest BCUT2D eigenvalue weighted by Gasteiger charge is -2.31. The molecule has 0 amide bonds. The second-order valence-corrected chi connectivity index (χ2v) is 9.30. The fourth-order valence-electron chi connectivity index (χ4n) is 6.35. The number of rotatable bonds is 2. The van der Waals surface area contributed by atoms with Gasteiger partial charge in [-0.3, -0.25) is 9.97 Å². The van der Waals surface area contributed by atoms with E-state index in [4.69, 9.17) is 4.98 Å². The summed E-state index contributed by atoms with van der Waals surface area (Å²) >= 11 is 0. The van der Waals surface area contributed by atoms with Crippen LogP contribution in [0.5, 0.6) is 0 Å². The predicted molar refractivity (Wildman–Crippen MR) is 138 cm³/mol. The van der Waals surface area contributed by atoms with Crippen LogP contribution in [-0.2, 0) is 11.8 Å². The van der Waals surface area contributed by atoms with Crippen LogP contribution in [0.3, 0.4) is 0 Å². The molecule has 0 N–H and O–H groups in total. The summed E-state index contributed by atoms with van der Waals surface area (Å²) in [5, 5.41) is 0. The van der Waals surface area contributed by atoms with Gasteiger partial charge in [0, 0.05) is 18.0 Å². The molecule has 4 aromatic carbocycles. The highest BCUT2D eigenvalue weighted by atomic mass is 14.8. The van der Waals surface area contributed by atoms with Crippen LogP contribution in [0.4, 0.5) is 0 Å². The first-order valence-electron chi connectivity index (χ1n) is 12.0. The number of aryl methyl sites for hydroxylation is 2. The number of benzene rings is 4. The molecular formula is C32H24N2. The van der Waals surface area contributed by atoms with E-state index in [-0.39, 0.29) is 5.41 Å². The minimum Gasteiger partial charge on any atom is -0.257 e. The second-order valence-electron chi connectivity index (χ2n) is 9.30. The van der Waals surface area contributed by atoms with Crippen LogP contribution in [0.15, 0.2) is 97.3 Å². The first kappa shape index (κ1) is 19.4. The Hall–Kier alpha value is -4.04. The zero-order chi connectivity index (χ0) is 22.9. The Morgan fingerprint density at radius 2 is 1.12 bits per heavy atom. The summed E-state index contributed by atoms with van der Waals surface area (Å²) < 4.78 is 0. The standard InChI is InChI=1S/C32H24N2/c1-3-30-31(34-17-16-33-30)24-19-29-25(18-20(24)2)23-12-6-9-15-28(23)32(29)26-13-7-4-10-21(26)22-11-5-8-14-27(22)32/h4-19H,3H2,1-2H3. The highest BCUT2D eigenvalue weighted by Crippen LogP contribution is 2.63. The molecule has 7 rings (SSSR count). The van der Waals surface area contributed by atoms with E-state index < -0.39 is 0 Å². The minimum atomic E-state index is -0.323. The van der Waals surface area contributed by atoms with Crippen molar-refractivity contribution in [1.29, 1.82) is 0 Å². The van der Waals surface area contributed by atoms with Gasteiger partial charge >= 0.3 is 0 Å². The van der Waals surface area contributed by atoms with Crippen molar-refractivity contribution in [1.82, 2.24) is 9.97 Å². The fourth-order valence-corrected chi connectivity index (χ4v) is 6.35. The molecule has 0 saturated carbocycles. The van der Waals surface area contributed by atoms with E-state index in [0.717, 1.165) is 17.8 Å². The quantitative estimate of drug-likeness (QED) is 0.283. The Balaban J connectivity index is 1.64. The van der Waals surface area contributed by atoms with E-state index in [0.29, 0.717) is 0 Å². The summed E-state index contributed by atoms with van der Waals surface area (Å²) in [4.78, 5) is 9.44. The van der Waals surface area contributed by atoms with Gasteiger partial charge in [0.05, 0.1) is 16.8 Å². The molecule has 1 heterocycles. The molecule has 1 spiro atoms. The van der Waals surface area contributed by atoms with E-state index in [9.17, 15) is 0 Å². The average Bonchev–Trinajstić information content (AvgIpc) is 3.35. The van der Waals surface area contributed by atoms with Gasteiger partial charge in [0.2, 0.25) is 0 Å². The van der Waals surface area contributed by atoms with Crippen LogP contribution in [0, 0.1) is 6.92 Å². The van der Waals surface area contributed by atoms with Gasteiger partial charge in [0.1, 0.15) is 0 Å². The maximum absolute atomic E-state index is 4.80. The fraction of sp³-hybridized carbons (Fsp3) is 0.125. The molecule has 2 aliphatic carbocycles. The van der Waals surface area contributed by atoms with Gasteiger partial charge in [-0.2, -0.15) is 0 Å². The van der Waals surface area contributed by atoms with Gasteiger partial charge in [0.15, 0.2) is 0 Å². The third-order valence-electron chi connectivity index (χ3n) is 7.71. The first-order valence-corrected chi connectivity index (χ1v) is 12.0. The van der Waals surface area contributed by atoms with E-state index in [1.165, 1.54) is 55.6 Å². The molecular weight excluding hydrogens is 412 g/mol. The number of aromatic nitrogens is 2. The molecule has 0 unspecified atom stereocenters. The Labute approximate surface area is 200 Å². The van der Waals surface area contributed by atoms with Gasteiger partial charge in [0.25, 0.3) is 0 Å². The smallest absolute Gasteiger partial charge is 0.0919 e. The maximum Gasteiger partial charge on any atom is 0.0919 e. The summed E-state index contributed by atoms with van der Waals surface area (Å²) in [6.07, 6.45) is 4.47. The van der Waals surface area contributed by atoms with Crippen molar-refractivity contribution in [3.05, 3.63) is 131 Å². The lowest BCUT2D eigenvalue weighted by atomic mass is 9.70. The third-order valence-corrected chi connectivity index (χ3v) is 7.71. The highest BCUT2D eigenvalue weighted by molar-refractivity contribution is 5.96. The van der Waals surface area contributed by atoms with E-state index in [2.05, 4.69) is 104 Å². The molecule has 2 aliphatic rings. The van der Waals surface area contributed by atoms with Crippen LogP contribution in [0.2, 0.25) is 0 Å². The van der Waals surface area contributed by atoms with Crippen molar-refractivity contribution < 1.29 is 0 Å². The molecule has 5 aromatic rings. The molecule has 0 atom stereocenters. The van der Waals surface area contributed by atoms with Crippen molar-refractivity contribution >= 4 is 0 Å². The van der Waals surface area contributed by atoms with Crippen LogP contribution in [-0.4, -0.2) is 9.97 Å². The molecule has 2 heteroatoms. The normalized spacial score (nSPS) is 13.9. The molecule has 162 valence electrons. The monoisotopic (exact) mass is 436 g/mol. The predicted octanol–water partition coefficient (Wildman–Crippen LogP) is 7.36. The topological polar surface area (TPSA) is 25.8 Å². The zero-order valence-corrected chi connectivity index (χ0v) is 19.3. The summed E-state index contributed by atoms with van der Waals surface area (Å²) in [7, 11) is 0. The SMILES string of the molecule is CCc1nccnc1-c1cc2c(cc1C)-c1ccccc1C21c2ccccc2-c2ccccc21. The van der Waals surface area contributed by atoms with E-state index in [1.807, 2.05) is 6.20 Å². The lowest BCUT2D eigenvalue weighted by Crippen LogP contribution is -2.26. The van der Waals surface area contributed by atoms with Crippen molar-refractivity contribution in [2.24, 2.45) is 0 Å². The average molecular weight is 437 g/mol. The Bertz CT molecular complexity index is 1570. The van der Waals surface area contributed by atoms with E-state index in [1.54, 1.807) is 6.20 Å². The maximum atomic E-state index is 4.80. The van der Waals surface area contributed by atoms with Crippen molar-refractivity contribution in [3.8, 4) is 33.5 Å². The third kappa shape index (κ3) is 2.30. The van der Waals surface area contributed by atoms with Crippen molar-refractivity contribution in [2.75, 3.05) is 0 Å². The first-order chi connectivity index (χ1) is 16.7. The van der Waals surface area contributed by atoms with Crippen LogP contribution >= 0.6 is 0 Å². The summed E-state index contributed by atoms with van der Waals surface area (Å²) in [6.45, 7) is 4.35. The van der Waals surface area contributed by atoms with Crippen LogP contribution in [0.25, 0.3) is 33.5 Å². The zero-order valence-electron chi connectivity index (χ0n) is 19.3. The molecule has 34 heavy (non-hydrogen) atoms. The van der Waals surface area contributed by atoms with Gasteiger partial charge in [-0.25, -0.2) is 0 Å². The number of hydrogen-bond acceptors (Lipinski definition) is 2. The van der Waals surface area contributed by atoms with Gasteiger partial charge < -0.3 is 0 Å². The van der Waals surface area contributed by atoms with Crippen molar-refractivity contribution in [2.45, 2.75) is 25.7 Å². The van der Waals surface area contributed by atoms with Gasteiger partial charge in [-0.15, -0.1) is 0 Å². The Morgan fingerprint density at radius 3 is 1.71 bits per heavy atom. The van der Waals surface area contributed by atoms with Gasteiger partial charge in [-0.1, -0.05) is 85.8 Å². The van der Waals surface area contributed by atoms with Crippen LogP contribution in [0.1, 0.15) is 40.4 Å². The van der Waals surface area contributed by atoms with Crippen LogP contribution < -0.4 is 0 Å². The molecule has 0 bridgehead atoms. The molecule has 0 saturated heterocycles. The molecule has 2 nitrogen and oxygen atoms in total. The lowest BCUT2D eigenvalue weighted by molar-refractivity contribution is 0.793. The molecule has 0 aliphatic heterocycles. The number of hydrogen-bond donors (Lipinski definition) is 0. The molecule has 0 radical (unpaired) electrons. The van der Waals surface area contributed by atoms with E-state index >= 15 is 0 Å². The molecule has 0 fully saturated rings. The largest absolute Gasteiger partial charge is 0.257 e.